The molecule has 0 unspecified atom stereocenters. The van der Waals surface area contributed by atoms with Gasteiger partial charge >= 0.3 is 6.09 Å². The Kier molecular flexibility index (Phi) is 11.2. The van der Waals surface area contributed by atoms with Gasteiger partial charge in [-0.2, -0.15) is 4.98 Å². The van der Waals surface area contributed by atoms with Gasteiger partial charge in [-0.05, 0) is 96.1 Å². The maximum Gasteiger partial charge on any atom is 0.410 e. The molecule has 3 saturated heterocycles. The maximum absolute atomic E-state index is 14.5. The van der Waals surface area contributed by atoms with Gasteiger partial charge in [0.25, 0.3) is 11.8 Å². The molecule has 2 amide bonds. The molecule has 0 aliphatic carbocycles. The van der Waals surface area contributed by atoms with E-state index in [2.05, 4.69) is 25.3 Å². The largest absolute Gasteiger partial charge is 0.445 e. The van der Waals surface area contributed by atoms with Crippen LogP contribution in [0.3, 0.4) is 0 Å². The Hall–Kier alpha value is -4.52. The lowest BCUT2D eigenvalue weighted by atomic mass is 9.72. The van der Waals surface area contributed by atoms with Crippen molar-refractivity contribution >= 4 is 23.8 Å². The van der Waals surface area contributed by atoms with Crippen molar-refractivity contribution in [3.05, 3.63) is 65.5 Å². The van der Waals surface area contributed by atoms with Crippen molar-refractivity contribution in [2.24, 2.45) is 11.3 Å². The minimum absolute atomic E-state index is 0.0848. The number of benzene rings is 2. The first-order valence-corrected chi connectivity index (χ1v) is 18.2. The Morgan fingerprint density at radius 3 is 2.31 bits per heavy atom. The number of carbonyl (C=O) groups excluding carboxylic acids is 2. The van der Waals surface area contributed by atoms with Crippen LogP contribution in [0.2, 0.25) is 0 Å². The Morgan fingerprint density at radius 2 is 1.67 bits per heavy atom. The molecular weight excluding hydrogens is 651 g/mol. The lowest BCUT2D eigenvalue weighted by molar-refractivity contribution is 0.0511. The monoisotopic (exact) mass is 702 g/mol. The SMILES string of the molecule is CNc1nnc(Oc2ccc(F)cc2C(=O)N(C(C)C)C(C)C)c(N2CC3(CCN(CC4CCN(C(=O)OCc5ccccc5)CC4)CC3)C2)n1. The highest BCUT2D eigenvalue weighted by Gasteiger charge is 2.47. The van der Waals surface area contributed by atoms with E-state index in [0.29, 0.717) is 24.3 Å². The van der Waals surface area contributed by atoms with Crippen LogP contribution in [-0.4, -0.2) is 107 Å². The zero-order valence-corrected chi connectivity index (χ0v) is 30.5. The fourth-order valence-electron chi connectivity index (χ4n) is 7.67. The van der Waals surface area contributed by atoms with E-state index < -0.39 is 5.82 Å². The molecule has 13 heteroatoms. The fourth-order valence-corrected chi connectivity index (χ4v) is 7.67. The summed E-state index contributed by atoms with van der Waals surface area (Å²) >= 11 is 0. The number of piperidine rings is 2. The summed E-state index contributed by atoms with van der Waals surface area (Å²) in [7, 11) is 1.74. The van der Waals surface area contributed by atoms with E-state index in [4.69, 9.17) is 14.5 Å². The second-order valence-electron chi connectivity index (χ2n) is 14.8. The van der Waals surface area contributed by atoms with Crippen LogP contribution < -0.4 is 15.0 Å². The van der Waals surface area contributed by atoms with Crippen LogP contribution in [0.25, 0.3) is 0 Å². The zero-order valence-electron chi connectivity index (χ0n) is 30.5. The Balaban J connectivity index is 1.03. The van der Waals surface area contributed by atoms with Crippen molar-refractivity contribution in [3.63, 3.8) is 0 Å². The number of likely N-dealkylation sites (tertiary alicyclic amines) is 2. The first kappa shape index (κ1) is 36.3. The number of ether oxygens (including phenoxy) is 2. The van der Waals surface area contributed by atoms with Crippen LogP contribution in [0, 0.1) is 17.2 Å². The highest BCUT2D eigenvalue weighted by molar-refractivity contribution is 5.97. The van der Waals surface area contributed by atoms with Crippen LogP contribution in [-0.2, 0) is 11.3 Å². The first-order chi connectivity index (χ1) is 24.5. The van der Waals surface area contributed by atoms with E-state index in [9.17, 15) is 14.0 Å². The van der Waals surface area contributed by atoms with Gasteiger partial charge in [0.15, 0.2) is 5.82 Å². The standard InChI is InChI=1S/C38H51FN8O4/c1-26(2)47(27(3)4)35(48)31-21-30(39)11-12-32(31)51-34-33(41-36(40-5)43-42-34)46-24-38(25-46)15-19-44(20-16-38)22-28-13-17-45(18-14-28)37(49)50-23-29-9-7-6-8-10-29/h6-12,21,26-28H,13-20,22-25H2,1-5H3,(H,40,41,43). The summed E-state index contributed by atoms with van der Waals surface area (Å²) in [5, 5.41) is 11.5. The van der Waals surface area contributed by atoms with E-state index in [1.807, 2.05) is 62.9 Å². The minimum Gasteiger partial charge on any atom is -0.445 e. The second kappa shape index (κ2) is 15.8. The van der Waals surface area contributed by atoms with Gasteiger partial charge in [0, 0.05) is 57.3 Å². The van der Waals surface area contributed by atoms with Crippen LogP contribution in [0.1, 0.15) is 69.3 Å². The van der Waals surface area contributed by atoms with E-state index in [1.54, 1.807) is 11.9 Å². The lowest BCUT2D eigenvalue weighted by Crippen LogP contribution is -2.61. The number of halogens is 1. The number of carbonyl (C=O) groups is 2. The molecule has 0 radical (unpaired) electrons. The molecule has 1 N–H and O–H groups in total. The molecule has 2 aromatic carbocycles. The van der Waals surface area contributed by atoms with Crippen LogP contribution >= 0.6 is 0 Å². The molecule has 0 atom stereocenters. The molecule has 4 heterocycles. The van der Waals surface area contributed by atoms with E-state index in [1.165, 1.54) is 18.2 Å². The molecule has 51 heavy (non-hydrogen) atoms. The van der Waals surface area contributed by atoms with Crippen molar-refractivity contribution in [2.45, 2.75) is 72.1 Å². The van der Waals surface area contributed by atoms with E-state index in [-0.39, 0.29) is 46.7 Å². The zero-order chi connectivity index (χ0) is 36.1. The number of nitrogens with zero attached hydrogens (tertiary/aromatic N) is 7. The molecule has 0 saturated carbocycles. The summed E-state index contributed by atoms with van der Waals surface area (Å²) in [5.74, 6) is 1.03. The number of nitrogens with one attached hydrogen (secondary N) is 1. The van der Waals surface area contributed by atoms with Gasteiger partial charge in [0.05, 0.1) is 5.56 Å². The molecule has 274 valence electrons. The highest BCUT2D eigenvalue weighted by atomic mass is 19.1. The third kappa shape index (κ3) is 8.52. The second-order valence-corrected chi connectivity index (χ2v) is 14.8. The average molecular weight is 703 g/mol. The first-order valence-electron chi connectivity index (χ1n) is 18.2. The molecule has 3 aromatic rings. The van der Waals surface area contributed by atoms with Gasteiger partial charge in [-0.3, -0.25) is 4.79 Å². The summed E-state index contributed by atoms with van der Waals surface area (Å²) < 4.78 is 26.3. The highest BCUT2D eigenvalue weighted by Crippen LogP contribution is 2.45. The predicted octanol–water partition coefficient (Wildman–Crippen LogP) is 6.05. The lowest BCUT2D eigenvalue weighted by Gasteiger charge is -2.54. The Bertz CT molecular complexity index is 1640. The van der Waals surface area contributed by atoms with Crippen LogP contribution in [0.15, 0.2) is 48.5 Å². The van der Waals surface area contributed by atoms with Crippen molar-refractivity contribution in [2.75, 3.05) is 63.1 Å². The summed E-state index contributed by atoms with van der Waals surface area (Å²) in [4.78, 5) is 39.2. The van der Waals surface area contributed by atoms with Gasteiger partial charge in [-0.15, -0.1) is 10.2 Å². The summed E-state index contributed by atoms with van der Waals surface area (Å²) in [5.41, 5.74) is 1.30. The summed E-state index contributed by atoms with van der Waals surface area (Å²) in [6.07, 6.45) is 3.91. The maximum atomic E-state index is 14.5. The van der Waals surface area contributed by atoms with E-state index >= 15 is 0 Å². The van der Waals surface area contributed by atoms with Gasteiger partial charge in [-0.1, -0.05) is 30.3 Å². The third-order valence-corrected chi connectivity index (χ3v) is 10.5. The van der Waals surface area contributed by atoms with Crippen molar-refractivity contribution in [1.29, 1.82) is 0 Å². The van der Waals surface area contributed by atoms with E-state index in [0.717, 1.165) is 77.1 Å². The fraction of sp³-hybridized carbons (Fsp3) is 0.553. The third-order valence-electron chi connectivity index (χ3n) is 10.5. The topological polar surface area (TPSA) is 116 Å². The van der Waals surface area contributed by atoms with Crippen LogP contribution in [0.4, 0.5) is 21.0 Å². The molecule has 1 aromatic heterocycles. The van der Waals surface area contributed by atoms with Gasteiger partial charge in [-0.25, -0.2) is 9.18 Å². The van der Waals surface area contributed by atoms with Crippen LogP contribution in [0.5, 0.6) is 11.6 Å². The molecule has 3 fully saturated rings. The number of amides is 2. The molecular formula is C38H51FN8O4. The number of aromatic nitrogens is 3. The Labute approximate surface area is 300 Å². The predicted molar refractivity (Wildman–Crippen MR) is 194 cm³/mol. The summed E-state index contributed by atoms with van der Waals surface area (Å²) in [6, 6.07) is 13.6. The molecule has 3 aliphatic rings. The van der Waals surface area contributed by atoms with Crippen molar-refractivity contribution < 1.29 is 23.5 Å². The molecule has 1 spiro atoms. The molecule has 6 rings (SSSR count). The normalized spacial score (nSPS) is 17.8. The van der Waals surface area contributed by atoms with Gasteiger partial charge < -0.3 is 34.4 Å². The molecule has 12 nitrogen and oxygen atoms in total. The smallest absolute Gasteiger partial charge is 0.410 e. The van der Waals surface area contributed by atoms with Gasteiger partial charge in [0.1, 0.15) is 18.2 Å². The molecule has 0 bridgehead atoms. The number of anilines is 2. The quantitative estimate of drug-likeness (QED) is 0.253. The average Bonchev–Trinajstić information content (AvgIpc) is 3.11. The minimum atomic E-state index is -0.520. The summed E-state index contributed by atoms with van der Waals surface area (Å²) in [6.45, 7) is 14.2. The van der Waals surface area contributed by atoms with Crippen molar-refractivity contribution in [3.8, 4) is 11.6 Å². The number of hydrogen-bond donors (Lipinski definition) is 1. The van der Waals surface area contributed by atoms with Crippen molar-refractivity contribution in [1.82, 2.24) is 29.9 Å². The number of hydrogen-bond acceptors (Lipinski definition) is 10. The van der Waals surface area contributed by atoms with Gasteiger partial charge in [0.2, 0.25) is 5.95 Å². The number of rotatable bonds is 11. The Morgan fingerprint density at radius 1 is 0.980 bits per heavy atom. The molecule has 3 aliphatic heterocycles.